The van der Waals surface area contributed by atoms with Gasteiger partial charge in [0.15, 0.2) is 0 Å². The highest BCUT2D eigenvalue weighted by Gasteiger charge is 2.56. The van der Waals surface area contributed by atoms with E-state index in [-0.39, 0.29) is 48.1 Å². The van der Waals surface area contributed by atoms with Gasteiger partial charge in [0.05, 0.1) is 35.4 Å². The Bertz CT molecular complexity index is 1870. The predicted octanol–water partition coefficient (Wildman–Crippen LogP) is 5.04. The third kappa shape index (κ3) is 6.50. The first-order chi connectivity index (χ1) is 22.0. The maximum Gasteiger partial charge on any atom is 0.407 e. The summed E-state index contributed by atoms with van der Waals surface area (Å²) < 4.78 is 24.0. The van der Waals surface area contributed by atoms with Crippen molar-refractivity contribution in [2.45, 2.75) is 84.0 Å². The highest BCUT2D eigenvalue weighted by molar-refractivity contribution is 6.84. The molecule has 14 heteroatoms. The van der Waals surface area contributed by atoms with Crippen molar-refractivity contribution in [3.63, 3.8) is 0 Å². The van der Waals surface area contributed by atoms with E-state index in [0.717, 1.165) is 10.9 Å². The van der Waals surface area contributed by atoms with Crippen molar-refractivity contribution < 1.29 is 38.1 Å². The minimum atomic E-state index is -2.59. The number of rotatable bonds is 8. The second-order valence-corrected chi connectivity index (χ2v) is 19.0. The van der Waals surface area contributed by atoms with Crippen LogP contribution >= 0.6 is 11.6 Å². The zero-order valence-corrected chi connectivity index (χ0v) is 29.2. The van der Waals surface area contributed by atoms with Crippen LogP contribution in [0.3, 0.4) is 0 Å². The lowest BCUT2D eigenvalue weighted by Crippen LogP contribution is -2.54. The third-order valence-electron chi connectivity index (χ3n) is 8.12. The van der Waals surface area contributed by atoms with Gasteiger partial charge in [-0.15, -0.1) is 11.6 Å². The minimum absolute atomic E-state index is 0.0144. The lowest BCUT2D eigenvalue weighted by molar-refractivity contribution is -0.190. The highest BCUT2D eigenvalue weighted by Crippen LogP contribution is 2.46. The van der Waals surface area contributed by atoms with E-state index < -0.39 is 49.0 Å². The quantitative estimate of drug-likeness (QED) is 0.0879. The topological polar surface area (TPSA) is 152 Å². The van der Waals surface area contributed by atoms with E-state index in [2.05, 4.69) is 5.32 Å². The number of nitrogens with one attached hydrogen (secondary N) is 1. The number of esters is 3. The van der Waals surface area contributed by atoms with Crippen LogP contribution in [-0.4, -0.2) is 59.3 Å². The Hall–Kier alpha value is -4.23. The zero-order chi connectivity index (χ0) is 34.5. The lowest BCUT2D eigenvalue weighted by Gasteiger charge is -2.42. The summed E-state index contributed by atoms with van der Waals surface area (Å²) in [6.07, 6.45) is -0.969. The van der Waals surface area contributed by atoms with E-state index in [1.54, 1.807) is 56.5 Å². The molecule has 0 bridgehead atoms. The van der Waals surface area contributed by atoms with Crippen LogP contribution in [0, 0.1) is 0 Å². The molecule has 12 nitrogen and oxygen atoms in total. The number of halogens is 1. The van der Waals surface area contributed by atoms with Gasteiger partial charge in [0.25, 0.3) is 5.56 Å². The summed E-state index contributed by atoms with van der Waals surface area (Å²) in [5, 5.41) is 3.23. The molecule has 1 aromatic carbocycles. The molecule has 3 aromatic rings. The number of pyridine rings is 2. The predicted molar refractivity (Wildman–Crippen MR) is 176 cm³/mol. The molecule has 0 saturated carbocycles. The van der Waals surface area contributed by atoms with Gasteiger partial charge in [-0.05, 0) is 57.5 Å². The molecule has 2 aliphatic heterocycles. The van der Waals surface area contributed by atoms with Crippen molar-refractivity contribution in [2.24, 2.45) is 0 Å². The van der Waals surface area contributed by atoms with Crippen LogP contribution in [0.15, 0.2) is 35.1 Å². The molecule has 2 aromatic heterocycles. The fraction of sp³-hybridized carbons (Fsp3) is 0.455. The number of fused-ring (bicyclic) bond motifs is 5. The second-order valence-electron chi connectivity index (χ2n) is 13.4. The van der Waals surface area contributed by atoms with Crippen LogP contribution in [0.2, 0.25) is 13.1 Å². The SMILES string of the molecule is CCC1(OC(=O)CCNC(=O)OC(C)(C)C)C(=O)OC([Si](C)(C)CCl)c2c1cc1n(c2=O)Cc2cc3cc(OC(C)=O)ccc3nc2-1. The molecule has 47 heavy (non-hydrogen) atoms. The summed E-state index contributed by atoms with van der Waals surface area (Å²) >= 11 is 6.39. The number of alkyl halides is 1. The first-order valence-corrected chi connectivity index (χ1v) is 19.2. The molecular formula is C33H38ClN3O9Si. The van der Waals surface area contributed by atoms with Crippen molar-refractivity contribution in [3.05, 3.63) is 57.4 Å². The molecule has 0 spiro atoms. The Labute approximate surface area is 277 Å². The number of amides is 1. The number of alkyl carbamates (subject to hydrolysis) is 1. The summed E-state index contributed by atoms with van der Waals surface area (Å²) in [6.45, 7) is 12.1. The standard InChI is InChI=1S/C33H38ClN3O9Si/c1-8-33(45-25(39)11-12-35-31(42)46-32(3,4)5)22-15-24-27-20(13-19-14-21(43-18(2)38)9-10-23(19)36-27)16-37(24)28(40)26(22)29(44-30(33)41)47(6,7)17-34/h9-10,13-15,29H,8,11-12,16-17H2,1-7H3,(H,35,42). The lowest BCUT2D eigenvalue weighted by atomic mass is 9.85. The Morgan fingerprint density at radius 2 is 1.89 bits per heavy atom. The average molecular weight is 684 g/mol. The second kappa shape index (κ2) is 12.4. The number of aromatic nitrogens is 2. The van der Waals surface area contributed by atoms with Gasteiger partial charge in [-0.2, -0.15) is 0 Å². The van der Waals surface area contributed by atoms with Gasteiger partial charge in [-0.25, -0.2) is 14.6 Å². The monoisotopic (exact) mass is 683 g/mol. The van der Waals surface area contributed by atoms with Gasteiger partial charge in [-0.3, -0.25) is 14.4 Å². The molecule has 4 heterocycles. The minimum Gasteiger partial charge on any atom is -0.458 e. The Balaban J connectivity index is 1.58. The molecule has 1 N–H and O–H groups in total. The van der Waals surface area contributed by atoms with Crippen molar-refractivity contribution in [3.8, 4) is 17.1 Å². The number of carbonyl (C=O) groups is 4. The molecular weight excluding hydrogens is 646 g/mol. The van der Waals surface area contributed by atoms with Gasteiger partial charge in [-0.1, -0.05) is 20.0 Å². The van der Waals surface area contributed by atoms with Gasteiger partial charge < -0.3 is 28.8 Å². The number of cyclic esters (lactones) is 1. The van der Waals surface area contributed by atoms with Crippen LogP contribution in [0.4, 0.5) is 4.79 Å². The molecule has 2 aliphatic rings. The van der Waals surface area contributed by atoms with Crippen molar-refractivity contribution >= 4 is 54.6 Å². The maximum atomic E-state index is 14.4. The highest BCUT2D eigenvalue weighted by atomic mass is 35.5. The molecule has 250 valence electrons. The third-order valence-corrected chi connectivity index (χ3v) is 12.7. The summed E-state index contributed by atoms with van der Waals surface area (Å²) in [4.78, 5) is 70.0. The van der Waals surface area contributed by atoms with Crippen molar-refractivity contribution in [1.82, 2.24) is 14.9 Å². The summed E-state index contributed by atoms with van der Waals surface area (Å²) in [6, 6.07) is 8.65. The van der Waals surface area contributed by atoms with Gasteiger partial charge in [0.2, 0.25) is 5.60 Å². The van der Waals surface area contributed by atoms with Crippen LogP contribution in [0.5, 0.6) is 5.75 Å². The molecule has 2 unspecified atom stereocenters. The number of hydrogen-bond donors (Lipinski definition) is 1. The van der Waals surface area contributed by atoms with E-state index in [9.17, 15) is 24.0 Å². The summed E-state index contributed by atoms with van der Waals surface area (Å²) in [7, 11) is -2.59. The Morgan fingerprint density at radius 3 is 2.53 bits per heavy atom. The summed E-state index contributed by atoms with van der Waals surface area (Å²) in [5.74, 6) is -1.63. The molecule has 0 aliphatic carbocycles. The van der Waals surface area contributed by atoms with Crippen molar-refractivity contribution in [2.75, 3.05) is 12.0 Å². The van der Waals surface area contributed by atoms with Crippen molar-refractivity contribution in [1.29, 1.82) is 0 Å². The van der Waals surface area contributed by atoms with E-state index in [0.29, 0.717) is 22.7 Å². The molecule has 0 saturated heterocycles. The molecule has 0 fully saturated rings. The molecule has 1 amide bonds. The molecule has 0 radical (unpaired) electrons. The number of hydrogen-bond acceptors (Lipinski definition) is 10. The molecule has 5 rings (SSSR count). The average Bonchev–Trinajstić information content (AvgIpc) is 3.33. The first-order valence-electron chi connectivity index (χ1n) is 15.4. The fourth-order valence-corrected chi connectivity index (χ4v) is 7.91. The normalized spacial score (nSPS) is 18.5. The maximum absolute atomic E-state index is 14.4. The molecule has 2 atom stereocenters. The zero-order valence-electron chi connectivity index (χ0n) is 27.4. The van der Waals surface area contributed by atoms with E-state index in [4.69, 9.17) is 35.5 Å². The van der Waals surface area contributed by atoms with Crippen LogP contribution in [0.25, 0.3) is 22.3 Å². The smallest absolute Gasteiger partial charge is 0.407 e. The number of ether oxygens (including phenoxy) is 4. The number of nitrogens with zero attached hydrogens (tertiary/aromatic N) is 2. The van der Waals surface area contributed by atoms with E-state index >= 15 is 0 Å². The summed E-state index contributed by atoms with van der Waals surface area (Å²) in [5.41, 5.74) is -0.849. The largest absolute Gasteiger partial charge is 0.458 e. The van der Waals surface area contributed by atoms with Crippen LogP contribution in [0.1, 0.15) is 69.9 Å². The van der Waals surface area contributed by atoms with Crippen LogP contribution < -0.4 is 15.6 Å². The Kier molecular flexibility index (Phi) is 9.01. The van der Waals surface area contributed by atoms with Gasteiger partial charge in [0.1, 0.15) is 25.2 Å². The first kappa shape index (κ1) is 34.1. The van der Waals surface area contributed by atoms with Gasteiger partial charge in [0, 0.05) is 35.5 Å². The van der Waals surface area contributed by atoms with Crippen LogP contribution in [-0.2, 0) is 40.7 Å². The number of carbonyl (C=O) groups excluding carboxylic acids is 4. The van der Waals surface area contributed by atoms with E-state index in [1.165, 1.54) is 6.92 Å². The van der Waals surface area contributed by atoms with E-state index in [1.807, 2.05) is 19.2 Å². The fourth-order valence-electron chi connectivity index (χ4n) is 5.86. The van der Waals surface area contributed by atoms with Gasteiger partial charge >= 0.3 is 24.0 Å². The Morgan fingerprint density at radius 1 is 1.17 bits per heavy atom. The number of benzene rings is 1.